The third-order valence-corrected chi connectivity index (χ3v) is 4.55. The molecule has 0 aromatic heterocycles. The molecule has 2 rings (SSSR count). The SMILES string of the molecule is CCC(C)(CCO)NC(=O)Nc1ccc2c(c1)CCCN2C. The number of anilines is 2. The Morgan fingerprint density at radius 2 is 2.23 bits per heavy atom. The normalized spacial score (nSPS) is 16.6. The van der Waals surface area contributed by atoms with Crippen LogP contribution in [0, 0.1) is 0 Å². The van der Waals surface area contributed by atoms with Crippen molar-refractivity contribution >= 4 is 17.4 Å². The van der Waals surface area contributed by atoms with Gasteiger partial charge in [0.25, 0.3) is 0 Å². The monoisotopic (exact) mass is 305 g/mol. The highest BCUT2D eigenvalue weighted by Crippen LogP contribution is 2.28. The Labute approximate surface area is 132 Å². The molecule has 1 aromatic carbocycles. The van der Waals surface area contributed by atoms with E-state index < -0.39 is 0 Å². The van der Waals surface area contributed by atoms with E-state index in [-0.39, 0.29) is 18.2 Å². The summed E-state index contributed by atoms with van der Waals surface area (Å²) < 4.78 is 0. The number of fused-ring (bicyclic) bond motifs is 1. The van der Waals surface area contributed by atoms with Gasteiger partial charge in [0.15, 0.2) is 0 Å². The number of urea groups is 1. The Bertz CT molecular complexity index is 533. The molecule has 1 unspecified atom stereocenters. The van der Waals surface area contributed by atoms with Gasteiger partial charge in [0.1, 0.15) is 0 Å². The van der Waals surface area contributed by atoms with Crippen LogP contribution in [0.4, 0.5) is 16.2 Å². The summed E-state index contributed by atoms with van der Waals surface area (Å²) >= 11 is 0. The van der Waals surface area contributed by atoms with Crippen LogP contribution < -0.4 is 15.5 Å². The van der Waals surface area contributed by atoms with Gasteiger partial charge in [-0.1, -0.05) is 6.92 Å². The number of nitrogens with one attached hydrogen (secondary N) is 2. The van der Waals surface area contributed by atoms with Gasteiger partial charge < -0.3 is 20.6 Å². The molecule has 0 aliphatic carbocycles. The van der Waals surface area contributed by atoms with Crippen LogP contribution in [0.2, 0.25) is 0 Å². The second-order valence-electron chi connectivity index (χ2n) is 6.34. The summed E-state index contributed by atoms with van der Waals surface area (Å²) in [4.78, 5) is 14.4. The lowest BCUT2D eigenvalue weighted by atomic mass is 9.95. The van der Waals surface area contributed by atoms with Gasteiger partial charge in [-0.25, -0.2) is 4.79 Å². The van der Waals surface area contributed by atoms with Crippen molar-refractivity contribution in [3.8, 4) is 0 Å². The Balaban J connectivity index is 2.03. The second-order valence-corrected chi connectivity index (χ2v) is 6.34. The minimum Gasteiger partial charge on any atom is -0.396 e. The molecule has 122 valence electrons. The van der Waals surface area contributed by atoms with Crippen LogP contribution in [0.25, 0.3) is 0 Å². The number of carbonyl (C=O) groups is 1. The number of nitrogens with zero attached hydrogens (tertiary/aromatic N) is 1. The zero-order valence-corrected chi connectivity index (χ0v) is 13.8. The van der Waals surface area contributed by atoms with Crippen LogP contribution in [0.15, 0.2) is 18.2 Å². The molecule has 0 fully saturated rings. The van der Waals surface area contributed by atoms with Gasteiger partial charge in [-0.3, -0.25) is 0 Å². The smallest absolute Gasteiger partial charge is 0.319 e. The fourth-order valence-electron chi connectivity index (χ4n) is 2.87. The van der Waals surface area contributed by atoms with Gasteiger partial charge in [-0.05, 0) is 56.4 Å². The summed E-state index contributed by atoms with van der Waals surface area (Å²) in [6.07, 6.45) is 3.51. The van der Waals surface area contributed by atoms with E-state index in [2.05, 4.69) is 34.7 Å². The van der Waals surface area contributed by atoms with E-state index in [1.165, 1.54) is 11.3 Å². The fraction of sp³-hybridized carbons (Fsp3) is 0.588. The molecule has 0 spiro atoms. The van der Waals surface area contributed by atoms with Gasteiger partial charge in [0, 0.05) is 37.1 Å². The largest absolute Gasteiger partial charge is 0.396 e. The topological polar surface area (TPSA) is 64.6 Å². The molecule has 1 aliphatic heterocycles. The zero-order valence-electron chi connectivity index (χ0n) is 13.8. The van der Waals surface area contributed by atoms with E-state index in [4.69, 9.17) is 5.11 Å². The minimum atomic E-state index is -0.382. The highest BCUT2D eigenvalue weighted by Gasteiger charge is 2.23. The third-order valence-electron chi connectivity index (χ3n) is 4.55. The van der Waals surface area contributed by atoms with Crippen LogP contribution in [0.3, 0.4) is 0 Å². The van der Waals surface area contributed by atoms with Crippen molar-refractivity contribution in [3.63, 3.8) is 0 Å². The predicted octanol–water partition coefficient (Wildman–Crippen LogP) is 2.74. The molecule has 5 heteroatoms. The first-order chi connectivity index (χ1) is 10.5. The predicted molar refractivity (Wildman–Crippen MR) is 90.6 cm³/mol. The summed E-state index contributed by atoms with van der Waals surface area (Å²) in [6.45, 7) is 5.10. The van der Waals surface area contributed by atoms with Gasteiger partial charge in [-0.2, -0.15) is 0 Å². The van der Waals surface area contributed by atoms with Crippen LogP contribution >= 0.6 is 0 Å². The highest BCUT2D eigenvalue weighted by atomic mass is 16.3. The molecule has 1 aliphatic rings. The lowest BCUT2D eigenvalue weighted by molar-refractivity contribution is 0.208. The molecule has 1 atom stereocenters. The summed E-state index contributed by atoms with van der Waals surface area (Å²) in [7, 11) is 2.10. The third kappa shape index (κ3) is 3.91. The Morgan fingerprint density at radius 1 is 1.45 bits per heavy atom. The van der Waals surface area contributed by atoms with E-state index in [0.717, 1.165) is 31.5 Å². The van der Waals surface area contributed by atoms with E-state index in [0.29, 0.717) is 6.42 Å². The maximum Gasteiger partial charge on any atom is 0.319 e. The second kappa shape index (κ2) is 7.01. The standard InChI is InChI=1S/C17H27N3O2/c1-4-17(2,9-11-21)19-16(22)18-14-7-8-15-13(12-14)6-5-10-20(15)3/h7-8,12,21H,4-6,9-11H2,1-3H3,(H2,18,19,22). The molecular weight excluding hydrogens is 278 g/mol. The molecule has 22 heavy (non-hydrogen) atoms. The number of hydrogen-bond acceptors (Lipinski definition) is 3. The number of rotatable bonds is 5. The molecule has 3 N–H and O–H groups in total. The highest BCUT2D eigenvalue weighted by molar-refractivity contribution is 5.90. The van der Waals surface area contributed by atoms with Crippen LogP contribution in [-0.2, 0) is 6.42 Å². The molecule has 0 saturated heterocycles. The average Bonchev–Trinajstić information content (AvgIpc) is 2.47. The summed E-state index contributed by atoms with van der Waals surface area (Å²) in [5.41, 5.74) is 2.96. The fourth-order valence-corrected chi connectivity index (χ4v) is 2.87. The molecule has 1 aromatic rings. The average molecular weight is 305 g/mol. The van der Waals surface area contributed by atoms with E-state index >= 15 is 0 Å². The Kier molecular flexibility index (Phi) is 5.29. The lowest BCUT2D eigenvalue weighted by Crippen LogP contribution is -2.48. The number of aliphatic hydroxyl groups is 1. The maximum atomic E-state index is 12.2. The Hall–Kier alpha value is -1.75. The van der Waals surface area contributed by atoms with Crippen molar-refractivity contribution < 1.29 is 9.90 Å². The molecule has 2 amide bonds. The van der Waals surface area contributed by atoms with Crippen LogP contribution in [0.1, 0.15) is 38.7 Å². The number of aliphatic hydroxyl groups excluding tert-OH is 1. The van der Waals surface area contributed by atoms with Gasteiger partial charge >= 0.3 is 6.03 Å². The van der Waals surface area contributed by atoms with E-state index in [9.17, 15) is 4.79 Å². The van der Waals surface area contributed by atoms with Crippen LogP contribution in [0.5, 0.6) is 0 Å². The molecular formula is C17H27N3O2. The quantitative estimate of drug-likeness (QED) is 0.784. The van der Waals surface area contributed by atoms with Crippen molar-refractivity contribution in [1.82, 2.24) is 5.32 Å². The number of amides is 2. The van der Waals surface area contributed by atoms with Crippen molar-refractivity contribution in [3.05, 3.63) is 23.8 Å². The zero-order chi connectivity index (χ0) is 16.2. The lowest BCUT2D eigenvalue weighted by Gasteiger charge is -2.30. The summed E-state index contributed by atoms with van der Waals surface area (Å²) in [5.74, 6) is 0. The first-order valence-corrected chi connectivity index (χ1v) is 8.01. The molecule has 0 bridgehead atoms. The molecule has 0 saturated carbocycles. The summed E-state index contributed by atoms with van der Waals surface area (Å²) in [6, 6.07) is 5.84. The molecule has 5 nitrogen and oxygen atoms in total. The number of aryl methyl sites for hydroxylation is 1. The van der Waals surface area contributed by atoms with E-state index in [1.54, 1.807) is 0 Å². The molecule has 0 radical (unpaired) electrons. The van der Waals surface area contributed by atoms with Crippen molar-refractivity contribution in [2.24, 2.45) is 0 Å². The first kappa shape index (κ1) is 16.6. The first-order valence-electron chi connectivity index (χ1n) is 8.01. The van der Waals surface area contributed by atoms with Gasteiger partial charge in [0.05, 0.1) is 0 Å². The number of hydrogen-bond donors (Lipinski definition) is 3. The maximum absolute atomic E-state index is 12.2. The minimum absolute atomic E-state index is 0.0653. The number of benzene rings is 1. The summed E-state index contributed by atoms with van der Waals surface area (Å²) in [5, 5.41) is 15.0. The Morgan fingerprint density at radius 3 is 2.91 bits per heavy atom. The van der Waals surface area contributed by atoms with Crippen molar-refractivity contribution in [2.45, 2.75) is 45.1 Å². The number of carbonyl (C=O) groups excluding carboxylic acids is 1. The van der Waals surface area contributed by atoms with E-state index in [1.807, 2.05) is 19.9 Å². The molecule has 1 heterocycles. The van der Waals surface area contributed by atoms with Crippen molar-refractivity contribution in [1.29, 1.82) is 0 Å². The van der Waals surface area contributed by atoms with Crippen LogP contribution in [-0.4, -0.2) is 36.9 Å². The van der Waals surface area contributed by atoms with Gasteiger partial charge in [0.2, 0.25) is 0 Å². The van der Waals surface area contributed by atoms with Gasteiger partial charge in [-0.15, -0.1) is 0 Å². The van der Waals surface area contributed by atoms with Crippen molar-refractivity contribution in [2.75, 3.05) is 30.4 Å².